The predicted octanol–water partition coefficient (Wildman–Crippen LogP) is 1.93. The summed E-state index contributed by atoms with van der Waals surface area (Å²) in [7, 11) is 1.89. The molecule has 21 heavy (non-hydrogen) atoms. The van der Waals surface area contributed by atoms with Crippen molar-refractivity contribution >= 4 is 11.6 Å². The zero-order chi connectivity index (χ0) is 14.8. The molecule has 0 aliphatic heterocycles. The highest BCUT2D eigenvalue weighted by Crippen LogP contribution is 2.39. The second kappa shape index (κ2) is 5.67. The molecule has 7 heteroatoms. The molecular weight excluding hydrogens is 266 g/mol. The van der Waals surface area contributed by atoms with Crippen LogP contribution in [-0.4, -0.2) is 31.8 Å². The first-order chi connectivity index (χ1) is 10.2. The van der Waals surface area contributed by atoms with Gasteiger partial charge in [0.2, 0.25) is 0 Å². The molecule has 112 valence electrons. The van der Waals surface area contributed by atoms with E-state index in [0.29, 0.717) is 12.5 Å². The second-order valence-electron chi connectivity index (χ2n) is 5.32. The smallest absolute Gasteiger partial charge is 0.152 e. The molecule has 1 aliphatic rings. The molecule has 0 spiro atoms. The molecule has 0 saturated heterocycles. The maximum absolute atomic E-state index is 4.68. The normalized spacial score (nSPS) is 14.2. The summed E-state index contributed by atoms with van der Waals surface area (Å²) in [5, 5.41) is 14.6. The van der Waals surface area contributed by atoms with Crippen LogP contribution in [0.2, 0.25) is 0 Å². The summed E-state index contributed by atoms with van der Waals surface area (Å²) in [6.45, 7) is 5.57. The summed E-state index contributed by atoms with van der Waals surface area (Å²) in [6.07, 6.45) is 4.13. The summed E-state index contributed by atoms with van der Waals surface area (Å²) in [4.78, 5) is 9.27. The lowest BCUT2D eigenvalue weighted by molar-refractivity contribution is 0.706. The van der Waals surface area contributed by atoms with Gasteiger partial charge in [0.25, 0.3) is 0 Å². The van der Waals surface area contributed by atoms with Crippen LogP contribution in [0.4, 0.5) is 11.6 Å². The van der Waals surface area contributed by atoms with E-state index in [1.165, 1.54) is 12.8 Å². The molecule has 0 aromatic carbocycles. The van der Waals surface area contributed by atoms with Gasteiger partial charge in [0.15, 0.2) is 5.82 Å². The van der Waals surface area contributed by atoms with E-state index in [0.717, 1.165) is 35.4 Å². The third kappa shape index (κ3) is 2.81. The Balaban J connectivity index is 1.82. The molecule has 3 rings (SSSR count). The Morgan fingerprint density at radius 1 is 1.29 bits per heavy atom. The number of rotatable bonds is 6. The van der Waals surface area contributed by atoms with Gasteiger partial charge in [-0.2, -0.15) is 0 Å². The maximum atomic E-state index is 4.68. The van der Waals surface area contributed by atoms with Gasteiger partial charge in [0.05, 0.1) is 6.54 Å². The monoisotopic (exact) mass is 287 g/mol. The number of hydrogen-bond donors (Lipinski definition) is 2. The van der Waals surface area contributed by atoms with Crippen LogP contribution in [0.3, 0.4) is 0 Å². The summed E-state index contributed by atoms with van der Waals surface area (Å²) >= 11 is 0. The van der Waals surface area contributed by atoms with Crippen molar-refractivity contribution in [3.05, 3.63) is 23.5 Å². The topological polar surface area (TPSA) is 80.6 Å². The van der Waals surface area contributed by atoms with Gasteiger partial charge in [-0.25, -0.2) is 9.97 Å². The van der Waals surface area contributed by atoms with Gasteiger partial charge in [-0.3, -0.25) is 0 Å². The molecule has 0 unspecified atom stereocenters. The summed E-state index contributed by atoms with van der Waals surface area (Å²) in [6, 6.07) is 0. The van der Waals surface area contributed by atoms with Gasteiger partial charge in [-0.1, -0.05) is 0 Å². The zero-order valence-corrected chi connectivity index (χ0v) is 12.7. The first-order valence-corrected chi connectivity index (χ1v) is 7.39. The fraction of sp³-hybridized carbons (Fsp3) is 0.571. The lowest BCUT2D eigenvalue weighted by atomic mass is 10.2. The molecule has 2 aromatic rings. The highest BCUT2D eigenvalue weighted by molar-refractivity contribution is 5.57. The first kappa shape index (κ1) is 13.8. The molecule has 0 amide bonds. The zero-order valence-electron chi connectivity index (χ0n) is 12.7. The van der Waals surface area contributed by atoms with Gasteiger partial charge in [-0.15, -0.1) is 10.2 Å². The lowest BCUT2D eigenvalue weighted by Crippen LogP contribution is -2.12. The van der Waals surface area contributed by atoms with Crippen molar-refractivity contribution < 1.29 is 0 Å². The van der Waals surface area contributed by atoms with Crippen LogP contribution in [-0.2, 0) is 13.1 Å². The number of hydrogen-bond acceptors (Lipinski definition) is 6. The molecule has 1 aliphatic carbocycles. The fourth-order valence-electron chi connectivity index (χ4n) is 2.32. The second-order valence-corrected chi connectivity index (χ2v) is 5.32. The van der Waals surface area contributed by atoms with Crippen molar-refractivity contribution in [2.24, 2.45) is 0 Å². The first-order valence-electron chi connectivity index (χ1n) is 7.39. The Morgan fingerprint density at radius 2 is 2.05 bits per heavy atom. The van der Waals surface area contributed by atoms with Crippen LogP contribution in [0.25, 0.3) is 0 Å². The van der Waals surface area contributed by atoms with E-state index in [1.807, 2.05) is 18.5 Å². The minimum atomic E-state index is 0.526. The maximum Gasteiger partial charge on any atom is 0.152 e. The van der Waals surface area contributed by atoms with Crippen LogP contribution in [0, 0.1) is 6.92 Å². The number of aryl methyl sites for hydroxylation is 1. The van der Waals surface area contributed by atoms with E-state index in [-0.39, 0.29) is 0 Å². The van der Waals surface area contributed by atoms with Crippen molar-refractivity contribution in [3.8, 4) is 0 Å². The molecule has 2 heterocycles. The van der Waals surface area contributed by atoms with Gasteiger partial charge in [0.1, 0.15) is 23.8 Å². The van der Waals surface area contributed by atoms with Crippen LogP contribution in [0.15, 0.2) is 6.33 Å². The van der Waals surface area contributed by atoms with E-state index in [2.05, 4.69) is 37.7 Å². The Labute approximate surface area is 124 Å². The number of nitrogens with one attached hydrogen (secondary N) is 2. The minimum absolute atomic E-state index is 0.526. The Morgan fingerprint density at radius 3 is 2.71 bits per heavy atom. The van der Waals surface area contributed by atoms with Crippen LogP contribution in [0.1, 0.15) is 42.9 Å². The SMILES string of the molecule is CCn1cnnc1CNc1nc(C2CC2)nc(NC)c1C. The summed E-state index contributed by atoms with van der Waals surface area (Å²) in [5.74, 6) is 4.14. The van der Waals surface area contributed by atoms with E-state index < -0.39 is 0 Å². The Bertz CT molecular complexity index is 630. The van der Waals surface area contributed by atoms with Crippen LogP contribution < -0.4 is 10.6 Å². The Kier molecular flexibility index (Phi) is 3.72. The standard InChI is InChI=1S/C14H21N7/c1-4-21-8-17-20-11(21)7-16-13-9(2)12(15-3)18-14(19-13)10-5-6-10/h8,10H,4-7H2,1-3H3,(H2,15,16,18,19). The third-order valence-corrected chi connectivity index (χ3v) is 3.79. The molecular formula is C14H21N7. The van der Waals surface area contributed by atoms with E-state index in [9.17, 15) is 0 Å². The molecule has 0 radical (unpaired) electrons. The average molecular weight is 287 g/mol. The Hall–Kier alpha value is -2.18. The van der Waals surface area contributed by atoms with Crippen molar-refractivity contribution in [1.82, 2.24) is 24.7 Å². The van der Waals surface area contributed by atoms with E-state index in [4.69, 9.17) is 0 Å². The van der Waals surface area contributed by atoms with Gasteiger partial charge in [0, 0.05) is 25.1 Å². The van der Waals surface area contributed by atoms with Crippen molar-refractivity contribution in [2.75, 3.05) is 17.7 Å². The molecule has 7 nitrogen and oxygen atoms in total. The average Bonchev–Trinajstić information content (AvgIpc) is 3.25. The van der Waals surface area contributed by atoms with Crippen molar-refractivity contribution in [2.45, 2.75) is 45.7 Å². The number of anilines is 2. The highest BCUT2D eigenvalue weighted by atomic mass is 15.3. The van der Waals surface area contributed by atoms with Crippen molar-refractivity contribution in [3.63, 3.8) is 0 Å². The minimum Gasteiger partial charge on any atom is -0.373 e. The third-order valence-electron chi connectivity index (χ3n) is 3.79. The molecule has 2 aromatic heterocycles. The van der Waals surface area contributed by atoms with Crippen LogP contribution >= 0.6 is 0 Å². The fourth-order valence-corrected chi connectivity index (χ4v) is 2.32. The van der Waals surface area contributed by atoms with Gasteiger partial charge >= 0.3 is 0 Å². The largest absolute Gasteiger partial charge is 0.373 e. The van der Waals surface area contributed by atoms with Gasteiger partial charge in [-0.05, 0) is 26.7 Å². The molecule has 1 fully saturated rings. The highest BCUT2D eigenvalue weighted by Gasteiger charge is 2.28. The predicted molar refractivity (Wildman–Crippen MR) is 81.3 cm³/mol. The number of aromatic nitrogens is 5. The number of nitrogens with zero attached hydrogens (tertiary/aromatic N) is 5. The summed E-state index contributed by atoms with van der Waals surface area (Å²) in [5.41, 5.74) is 1.03. The molecule has 0 bridgehead atoms. The van der Waals surface area contributed by atoms with Gasteiger partial charge < -0.3 is 15.2 Å². The quantitative estimate of drug-likeness (QED) is 0.845. The van der Waals surface area contributed by atoms with E-state index in [1.54, 1.807) is 6.33 Å². The molecule has 0 atom stereocenters. The summed E-state index contributed by atoms with van der Waals surface area (Å²) < 4.78 is 2.02. The van der Waals surface area contributed by atoms with Crippen molar-refractivity contribution in [1.29, 1.82) is 0 Å². The van der Waals surface area contributed by atoms with E-state index >= 15 is 0 Å². The van der Waals surface area contributed by atoms with Crippen LogP contribution in [0.5, 0.6) is 0 Å². The molecule has 1 saturated carbocycles. The molecule has 2 N–H and O–H groups in total. The lowest BCUT2D eigenvalue weighted by Gasteiger charge is -2.13.